The summed E-state index contributed by atoms with van der Waals surface area (Å²) in [6.45, 7) is 5.34. The highest BCUT2D eigenvalue weighted by molar-refractivity contribution is 6.04. The van der Waals surface area contributed by atoms with E-state index in [-0.39, 0.29) is 35.5 Å². The molecule has 0 aliphatic rings. The fraction of sp³-hybridized carbons (Fsp3) is 0.444. The van der Waals surface area contributed by atoms with Crippen LogP contribution in [-0.4, -0.2) is 37.9 Å². The van der Waals surface area contributed by atoms with Crippen LogP contribution in [-0.2, 0) is 15.7 Å². The molecular formula is C18H21F3N2O5. The first-order chi connectivity index (χ1) is 12.9. The summed E-state index contributed by atoms with van der Waals surface area (Å²) in [5.41, 5.74) is -1.40. The van der Waals surface area contributed by atoms with Crippen LogP contribution in [0.2, 0.25) is 0 Å². The number of anilines is 1. The van der Waals surface area contributed by atoms with E-state index in [4.69, 9.17) is 9.15 Å². The van der Waals surface area contributed by atoms with Crippen LogP contribution < -0.4 is 10.6 Å². The Hall–Kier alpha value is -2.91. The predicted molar refractivity (Wildman–Crippen MR) is 95.3 cm³/mol. The number of alkyl halides is 3. The maximum Gasteiger partial charge on any atom is 0.416 e. The summed E-state index contributed by atoms with van der Waals surface area (Å²) < 4.78 is 54.1. The number of hydrogen-bond acceptors (Lipinski definition) is 6. The molecule has 154 valence electrons. The van der Waals surface area contributed by atoms with Crippen molar-refractivity contribution in [2.45, 2.75) is 32.5 Å². The molecule has 0 aliphatic carbocycles. The molecule has 0 fully saturated rings. The second-order valence-corrected chi connectivity index (χ2v) is 6.86. The SMILES string of the molecule is COC(=O)c1oc2ccc(C(F)(F)F)cc2c1NCCNC(=O)OC(C)(C)C. The summed E-state index contributed by atoms with van der Waals surface area (Å²) in [5, 5.41) is 5.39. The van der Waals surface area contributed by atoms with Crippen molar-refractivity contribution < 1.29 is 36.7 Å². The second-order valence-electron chi connectivity index (χ2n) is 6.86. The molecule has 0 spiro atoms. The second kappa shape index (κ2) is 7.99. The maximum absolute atomic E-state index is 13.0. The molecule has 7 nitrogen and oxygen atoms in total. The lowest BCUT2D eigenvalue weighted by atomic mass is 10.1. The molecule has 28 heavy (non-hydrogen) atoms. The lowest BCUT2D eigenvalue weighted by Crippen LogP contribution is -2.35. The van der Waals surface area contributed by atoms with Crippen molar-refractivity contribution in [3.63, 3.8) is 0 Å². The predicted octanol–water partition coefficient (Wildman–Crippen LogP) is 4.17. The zero-order valence-corrected chi connectivity index (χ0v) is 15.8. The number of furan rings is 1. The van der Waals surface area contributed by atoms with Gasteiger partial charge in [0, 0.05) is 18.5 Å². The Morgan fingerprint density at radius 2 is 1.82 bits per heavy atom. The number of carbonyl (C=O) groups excluding carboxylic acids is 2. The zero-order chi connectivity index (χ0) is 21.1. The number of amides is 1. The molecule has 0 radical (unpaired) electrons. The first-order valence-corrected chi connectivity index (χ1v) is 8.35. The molecule has 0 saturated carbocycles. The number of carbonyl (C=O) groups is 2. The molecule has 2 N–H and O–H groups in total. The molecule has 0 aliphatic heterocycles. The number of hydrogen-bond donors (Lipinski definition) is 2. The van der Waals surface area contributed by atoms with Crippen LogP contribution in [0.4, 0.5) is 23.7 Å². The molecular weight excluding hydrogens is 381 g/mol. The number of esters is 1. The van der Waals surface area contributed by atoms with E-state index in [2.05, 4.69) is 15.4 Å². The van der Waals surface area contributed by atoms with Gasteiger partial charge >= 0.3 is 18.2 Å². The number of fused-ring (bicyclic) bond motifs is 1. The molecule has 1 amide bonds. The van der Waals surface area contributed by atoms with Crippen LogP contribution in [0.25, 0.3) is 11.0 Å². The van der Waals surface area contributed by atoms with Gasteiger partial charge in [-0.05, 0) is 39.0 Å². The van der Waals surface area contributed by atoms with E-state index in [0.29, 0.717) is 0 Å². The minimum absolute atomic E-state index is 0.0546. The molecule has 2 aromatic rings. The molecule has 0 saturated heterocycles. The van der Waals surface area contributed by atoms with Gasteiger partial charge in [0.15, 0.2) is 0 Å². The van der Waals surface area contributed by atoms with Gasteiger partial charge in [0.05, 0.1) is 18.4 Å². The van der Waals surface area contributed by atoms with Crippen molar-refractivity contribution in [1.82, 2.24) is 5.32 Å². The minimum atomic E-state index is -4.55. The number of nitrogens with one attached hydrogen (secondary N) is 2. The number of halogens is 3. The summed E-state index contributed by atoms with van der Waals surface area (Å²) in [4.78, 5) is 23.5. The van der Waals surface area contributed by atoms with Crippen LogP contribution >= 0.6 is 0 Å². The highest BCUT2D eigenvalue weighted by Crippen LogP contribution is 2.37. The zero-order valence-electron chi connectivity index (χ0n) is 15.8. The van der Waals surface area contributed by atoms with Crippen molar-refractivity contribution in [3.8, 4) is 0 Å². The lowest BCUT2D eigenvalue weighted by Gasteiger charge is -2.19. The number of benzene rings is 1. The Labute approximate surface area is 159 Å². The maximum atomic E-state index is 13.0. The first-order valence-electron chi connectivity index (χ1n) is 8.35. The van der Waals surface area contributed by atoms with Crippen LogP contribution in [0.1, 0.15) is 36.9 Å². The Balaban J connectivity index is 2.20. The fourth-order valence-corrected chi connectivity index (χ4v) is 2.35. The van der Waals surface area contributed by atoms with E-state index >= 15 is 0 Å². The largest absolute Gasteiger partial charge is 0.463 e. The van der Waals surface area contributed by atoms with Crippen molar-refractivity contribution in [2.24, 2.45) is 0 Å². The van der Waals surface area contributed by atoms with Gasteiger partial charge in [-0.25, -0.2) is 9.59 Å². The van der Waals surface area contributed by atoms with Gasteiger partial charge in [-0.2, -0.15) is 13.2 Å². The van der Waals surface area contributed by atoms with E-state index in [1.807, 2.05) is 0 Å². The van der Waals surface area contributed by atoms with Gasteiger partial charge in [0.1, 0.15) is 11.2 Å². The van der Waals surface area contributed by atoms with Gasteiger partial charge in [-0.15, -0.1) is 0 Å². The van der Waals surface area contributed by atoms with E-state index in [1.54, 1.807) is 20.8 Å². The van der Waals surface area contributed by atoms with E-state index in [1.165, 1.54) is 0 Å². The van der Waals surface area contributed by atoms with Gasteiger partial charge in [-0.3, -0.25) is 0 Å². The molecule has 1 aromatic heterocycles. The Morgan fingerprint density at radius 3 is 2.39 bits per heavy atom. The van der Waals surface area contributed by atoms with Crippen molar-refractivity contribution in [3.05, 3.63) is 29.5 Å². The Kier molecular flexibility index (Phi) is 6.10. The van der Waals surface area contributed by atoms with Crippen LogP contribution in [0, 0.1) is 0 Å². The van der Waals surface area contributed by atoms with Crippen molar-refractivity contribution in [1.29, 1.82) is 0 Å². The standard InChI is InChI=1S/C18H21F3N2O5/c1-17(2,3)28-16(25)23-8-7-22-13-11-9-10(18(19,20)21)5-6-12(11)27-14(13)15(24)26-4/h5-6,9,22H,7-8H2,1-4H3,(H,23,25). The smallest absolute Gasteiger partial charge is 0.416 e. The molecule has 1 aromatic carbocycles. The molecule has 10 heteroatoms. The summed E-state index contributed by atoms with van der Waals surface area (Å²) in [6, 6.07) is 2.88. The third-order valence-electron chi connectivity index (χ3n) is 3.48. The Morgan fingerprint density at radius 1 is 1.14 bits per heavy atom. The fourth-order valence-electron chi connectivity index (χ4n) is 2.35. The summed E-state index contributed by atoms with van der Waals surface area (Å²) in [6.07, 6.45) is -5.19. The highest BCUT2D eigenvalue weighted by atomic mass is 19.4. The lowest BCUT2D eigenvalue weighted by molar-refractivity contribution is -0.137. The molecule has 0 bridgehead atoms. The van der Waals surface area contributed by atoms with E-state index in [0.717, 1.165) is 25.3 Å². The third kappa shape index (κ3) is 5.30. The first kappa shape index (κ1) is 21.4. The van der Waals surface area contributed by atoms with Gasteiger partial charge in [0.2, 0.25) is 5.76 Å². The van der Waals surface area contributed by atoms with Gasteiger partial charge < -0.3 is 24.5 Å². The van der Waals surface area contributed by atoms with Crippen LogP contribution in [0.15, 0.2) is 22.6 Å². The normalized spacial score (nSPS) is 12.0. The number of ether oxygens (including phenoxy) is 2. The topological polar surface area (TPSA) is 89.8 Å². The monoisotopic (exact) mass is 402 g/mol. The van der Waals surface area contributed by atoms with Crippen molar-refractivity contribution >= 4 is 28.7 Å². The molecule has 2 rings (SSSR count). The molecule has 1 heterocycles. The van der Waals surface area contributed by atoms with E-state index in [9.17, 15) is 22.8 Å². The number of methoxy groups -OCH3 is 1. The number of rotatable bonds is 5. The summed E-state index contributed by atoms with van der Waals surface area (Å²) in [7, 11) is 1.13. The number of alkyl carbamates (subject to hydrolysis) is 1. The van der Waals surface area contributed by atoms with Crippen LogP contribution in [0.5, 0.6) is 0 Å². The van der Waals surface area contributed by atoms with Crippen LogP contribution in [0.3, 0.4) is 0 Å². The summed E-state index contributed by atoms with van der Waals surface area (Å²) in [5.74, 6) is -1.10. The average Bonchev–Trinajstić information content (AvgIpc) is 2.93. The van der Waals surface area contributed by atoms with Gasteiger partial charge in [-0.1, -0.05) is 0 Å². The highest BCUT2D eigenvalue weighted by Gasteiger charge is 2.32. The quantitative estimate of drug-likeness (QED) is 0.576. The van der Waals surface area contributed by atoms with E-state index < -0.39 is 29.4 Å². The molecule has 0 unspecified atom stereocenters. The molecule has 0 atom stereocenters. The van der Waals surface area contributed by atoms with Crippen molar-refractivity contribution in [2.75, 3.05) is 25.5 Å². The minimum Gasteiger partial charge on any atom is -0.463 e. The summed E-state index contributed by atoms with van der Waals surface area (Å²) >= 11 is 0. The average molecular weight is 402 g/mol. The Bertz CT molecular complexity index is 868. The van der Waals surface area contributed by atoms with Gasteiger partial charge in [0.25, 0.3) is 0 Å². The third-order valence-corrected chi connectivity index (χ3v) is 3.48.